The van der Waals surface area contributed by atoms with Crippen molar-refractivity contribution < 1.29 is 4.57 Å². The van der Waals surface area contributed by atoms with Crippen LogP contribution in [-0.4, -0.2) is 14.1 Å². The van der Waals surface area contributed by atoms with Crippen molar-refractivity contribution in [3.05, 3.63) is 109 Å². The van der Waals surface area contributed by atoms with Gasteiger partial charge in [-0.2, -0.15) is 4.57 Å². The van der Waals surface area contributed by atoms with Gasteiger partial charge in [0.1, 0.15) is 12.2 Å². The Bertz CT molecular complexity index is 1590. The number of fused-ring (bicyclic) bond motifs is 7. The number of rotatable bonds is 2. The first kappa shape index (κ1) is 16.6. The molecule has 4 nitrogen and oxygen atoms in total. The van der Waals surface area contributed by atoms with Gasteiger partial charge in [0.05, 0.1) is 16.5 Å². The van der Waals surface area contributed by atoms with Gasteiger partial charge in [0, 0.05) is 23.6 Å². The van der Waals surface area contributed by atoms with Gasteiger partial charge in [0.2, 0.25) is 5.52 Å². The highest BCUT2D eigenvalue weighted by Crippen LogP contribution is 2.39. The molecule has 1 aliphatic rings. The van der Waals surface area contributed by atoms with Crippen LogP contribution in [0.2, 0.25) is 0 Å². The van der Waals surface area contributed by atoms with Crippen LogP contribution in [0.25, 0.3) is 44.8 Å². The van der Waals surface area contributed by atoms with Gasteiger partial charge >= 0.3 is 0 Å². The summed E-state index contributed by atoms with van der Waals surface area (Å²) in [7, 11) is 0. The third-order valence-corrected chi connectivity index (χ3v) is 6.27. The van der Waals surface area contributed by atoms with Crippen LogP contribution in [0.1, 0.15) is 5.56 Å². The van der Waals surface area contributed by atoms with Crippen LogP contribution in [0, 0.1) is 0 Å². The minimum absolute atomic E-state index is 0.831. The summed E-state index contributed by atoms with van der Waals surface area (Å²) in [6.45, 7) is 0.831. The molecule has 0 bridgehead atoms. The van der Waals surface area contributed by atoms with E-state index in [0.717, 1.165) is 17.9 Å². The molecular formula is C27H19N4+. The topological polar surface area (TPSA) is 26.6 Å². The largest absolute Gasteiger partial charge is 0.297 e. The Balaban J connectivity index is 1.74. The van der Waals surface area contributed by atoms with Crippen LogP contribution in [0.15, 0.2) is 103 Å². The summed E-state index contributed by atoms with van der Waals surface area (Å²) in [5, 5.41) is 1.26. The molecule has 4 heterocycles. The molecule has 0 amide bonds. The maximum atomic E-state index is 4.39. The second kappa shape index (κ2) is 6.16. The van der Waals surface area contributed by atoms with E-state index in [1.165, 1.54) is 39.0 Å². The molecule has 146 valence electrons. The molecule has 0 radical (unpaired) electrons. The molecular weight excluding hydrogens is 380 g/mol. The van der Waals surface area contributed by atoms with E-state index in [2.05, 4.69) is 110 Å². The average Bonchev–Trinajstić information content (AvgIpc) is 3.46. The van der Waals surface area contributed by atoms with E-state index in [0.29, 0.717) is 0 Å². The second-order valence-corrected chi connectivity index (χ2v) is 7.97. The summed E-state index contributed by atoms with van der Waals surface area (Å²) in [6, 6.07) is 32.2. The molecule has 3 aromatic heterocycles. The lowest BCUT2D eigenvalue weighted by atomic mass is 10.1. The summed E-state index contributed by atoms with van der Waals surface area (Å²) in [4.78, 5) is 4.39. The highest BCUT2D eigenvalue weighted by Gasteiger charge is 2.38. The average molecular weight is 399 g/mol. The van der Waals surface area contributed by atoms with Crippen molar-refractivity contribution in [3.8, 4) is 22.8 Å². The molecule has 31 heavy (non-hydrogen) atoms. The zero-order chi connectivity index (χ0) is 20.4. The Labute approximate surface area is 179 Å². The van der Waals surface area contributed by atoms with E-state index in [1.54, 1.807) is 0 Å². The number of pyridine rings is 1. The van der Waals surface area contributed by atoms with E-state index in [9.17, 15) is 0 Å². The number of benzene rings is 3. The van der Waals surface area contributed by atoms with Crippen LogP contribution in [0.3, 0.4) is 0 Å². The first-order valence-corrected chi connectivity index (χ1v) is 10.5. The predicted molar refractivity (Wildman–Crippen MR) is 123 cm³/mol. The quantitative estimate of drug-likeness (QED) is 0.363. The van der Waals surface area contributed by atoms with E-state index >= 15 is 0 Å². The maximum absolute atomic E-state index is 4.39. The van der Waals surface area contributed by atoms with Crippen molar-refractivity contribution in [1.29, 1.82) is 0 Å². The minimum Gasteiger partial charge on any atom is -0.273 e. The van der Waals surface area contributed by atoms with Crippen molar-refractivity contribution in [2.45, 2.75) is 6.54 Å². The maximum Gasteiger partial charge on any atom is 0.297 e. The fourth-order valence-electron chi connectivity index (χ4n) is 5.03. The van der Waals surface area contributed by atoms with Gasteiger partial charge in [0.15, 0.2) is 0 Å². The number of imidazole rings is 1. The number of nitrogens with zero attached hydrogens (tertiary/aromatic N) is 4. The first-order chi connectivity index (χ1) is 15.4. The molecule has 7 rings (SSSR count). The number of para-hydroxylation sites is 3. The van der Waals surface area contributed by atoms with Gasteiger partial charge in [0.25, 0.3) is 11.5 Å². The van der Waals surface area contributed by atoms with Gasteiger partial charge in [-0.15, -0.1) is 0 Å². The van der Waals surface area contributed by atoms with Gasteiger partial charge in [-0.05, 0) is 42.5 Å². The van der Waals surface area contributed by atoms with Crippen LogP contribution in [0.5, 0.6) is 0 Å². The SMILES string of the molecule is c1ccc(-n2c3[n+](c4c5ccccc5n(-c5ccccc5)c42)Cc2cnccc2-3)cc1. The summed E-state index contributed by atoms with van der Waals surface area (Å²) in [6.07, 6.45) is 3.89. The smallest absolute Gasteiger partial charge is 0.273 e. The minimum atomic E-state index is 0.831. The molecule has 0 spiro atoms. The zero-order valence-corrected chi connectivity index (χ0v) is 16.8. The highest BCUT2D eigenvalue weighted by molar-refractivity contribution is 6.05. The third kappa shape index (κ3) is 2.19. The molecule has 0 N–H and O–H groups in total. The van der Waals surface area contributed by atoms with Crippen molar-refractivity contribution in [3.63, 3.8) is 0 Å². The molecule has 0 fully saturated rings. The second-order valence-electron chi connectivity index (χ2n) is 7.97. The molecule has 3 aromatic carbocycles. The van der Waals surface area contributed by atoms with Crippen molar-refractivity contribution in [2.24, 2.45) is 0 Å². The van der Waals surface area contributed by atoms with E-state index in [-0.39, 0.29) is 0 Å². The number of hydrogen-bond acceptors (Lipinski definition) is 1. The number of hydrogen-bond donors (Lipinski definition) is 0. The number of aromatic nitrogens is 4. The van der Waals surface area contributed by atoms with Gasteiger partial charge in [-0.25, -0.2) is 4.57 Å². The molecule has 1 aliphatic heterocycles. The molecule has 0 saturated carbocycles. The van der Waals surface area contributed by atoms with Gasteiger partial charge < -0.3 is 0 Å². The summed E-state index contributed by atoms with van der Waals surface area (Å²) < 4.78 is 7.26. The van der Waals surface area contributed by atoms with E-state index < -0.39 is 0 Å². The lowest BCUT2D eigenvalue weighted by Crippen LogP contribution is -2.31. The zero-order valence-electron chi connectivity index (χ0n) is 16.8. The van der Waals surface area contributed by atoms with Crippen LogP contribution in [-0.2, 0) is 6.54 Å². The molecule has 6 aromatic rings. The normalized spacial score (nSPS) is 12.4. The van der Waals surface area contributed by atoms with E-state index in [1.807, 2.05) is 12.4 Å². The van der Waals surface area contributed by atoms with Gasteiger partial charge in [-0.3, -0.25) is 9.55 Å². The lowest BCUT2D eigenvalue weighted by Gasteiger charge is -2.08. The fraction of sp³-hybridized carbons (Fsp3) is 0.0370. The molecule has 0 saturated heterocycles. The molecule has 0 unspecified atom stereocenters. The third-order valence-electron chi connectivity index (χ3n) is 6.27. The van der Waals surface area contributed by atoms with Crippen molar-refractivity contribution in [2.75, 3.05) is 0 Å². The van der Waals surface area contributed by atoms with Crippen molar-refractivity contribution >= 4 is 22.1 Å². The van der Waals surface area contributed by atoms with Gasteiger partial charge in [-0.1, -0.05) is 48.5 Å². The van der Waals surface area contributed by atoms with Crippen LogP contribution < -0.4 is 4.57 Å². The summed E-state index contributed by atoms with van der Waals surface area (Å²) >= 11 is 0. The standard InChI is InChI=1S/C27H19N4/c1-3-9-20(10-4-1)30-24-14-8-7-13-23(24)25-27(30)31(21-11-5-2-6-12-21)26-22-15-16-28-17-19(22)18-29(25)26/h1-17H,18H2/q+1. The molecule has 0 atom stereocenters. The molecule has 4 heteroatoms. The Morgan fingerprint density at radius 1 is 0.710 bits per heavy atom. The van der Waals surface area contributed by atoms with Crippen molar-refractivity contribution in [1.82, 2.24) is 14.1 Å². The summed E-state index contributed by atoms with van der Waals surface area (Å²) in [5.41, 5.74) is 8.50. The Hall–Kier alpha value is -4.18. The Morgan fingerprint density at radius 2 is 1.39 bits per heavy atom. The highest BCUT2D eigenvalue weighted by atomic mass is 15.3. The monoisotopic (exact) mass is 399 g/mol. The summed E-state index contributed by atoms with van der Waals surface area (Å²) in [5.74, 6) is 1.21. The van der Waals surface area contributed by atoms with Crippen LogP contribution in [0.4, 0.5) is 0 Å². The lowest BCUT2D eigenvalue weighted by molar-refractivity contribution is -0.645. The molecule has 0 aliphatic carbocycles. The Morgan fingerprint density at radius 3 is 2.16 bits per heavy atom. The Kier molecular flexibility index (Phi) is 3.30. The first-order valence-electron chi connectivity index (χ1n) is 10.5. The van der Waals surface area contributed by atoms with Crippen LogP contribution >= 0.6 is 0 Å². The van der Waals surface area contributed by atoms with E-state index in [4.69, 9.17) is 0 Å². The fourth-order valence-corrected chi connectivity index (χ4v) is 5.03. The predicted octanol–water partition coefficient (Wildman–Crippen LogP) is 5.29.